The Morgan fingerprint density at radius 2 is 1.59 bits per heavy atom. The third-order valence-electron chi connectivity index (χ3n) is 2.68. The van der Waals surface area contributed by atoms with Crippen molar-refractivity contribution < 1.29 is 8.42 Å². The van der Waals surface area contributed by atoms with E-state index in [0.717, 1.165) is 29.3 Å². The molecule has 0 radical (unpaired) electrons. The molecule has 0 N–H and O–H groups in total. The molecular weight excluding hydrogens is 347 g/mol. The van der Waals surface area contributed by atoms with E-state index in [0.29, 0.717) is 4.90 Å². The van der Waals surface area contributed by atoms with Crippen molar-refractivity contribution in [2.45, 2.75) is 37.5 Å². The van der Waals surface area contributed by atoms with Gasteiger partial charge >= 0.3 is 0 Å². The molecule has 0 aliphatic carbocycles. The van der Waals surface area contributed by atoms with Gasteiger partial charge in [-0.2, -0.15) is 0 Å². The molecule has 1 aromatic carbocycles. The predicted molar refractivity (Wildman–Crippen MR) is 80.6 cm³/mol. The molecule has 96 valence electrons. The molecule has 2 nitrogen and oxygen atoms in total. The minimum atomic E-state index is -3.07. The van der Waals surface area contributed by atoms with E-state index >= 15 is 0 Å². The quantitative estimate of drug-likeness (QED) is 0.418. The minimum Gasteiger partial charge on any atom is -0.224 e. The topological polar surface area (TPSA) is 34.1 Å². The lowest BCUT2D eigenvalue weighted by Gasteiger charge is -2.04. The van der Waals surface area contributed by atoms with Crippen molar-refractivity contribution in [1.82, 2.24) is 0 Å². The second-order valence-electron chi connectivity index (χ2n) is 4.24. The Morgan fingerprint density at radius 1 is 1.00 bits per heavy atom. The van der Waals surface area contributed by atoms with Crippen molar-refractivity contribution in [1.29, 1.82) is 0 Å². The second kappa shape index (κ2) is 7.36. The molecule has 0 aromatic heterocycles. The normalized spacial score (nSPS) is 11.6. The highest BCUT2D eigenvalue weighted by Gasteiger charge is 2.13. The van der Waals surface area contributed by atoms with Crippen LogP contribution in [-0.4, -0.2) is 18.6 Å². The van der Waals surface area contributed by atoms with E-state index in [-0.39, 0.29) is 5.75 Å². The number of sulfone groups is 1. The molecule has 0 aliphatic rings. The first kappa shape index (κ1) is 15.0. The second-order valence-corrected chi connectivity index (χ2v) is 7.42. The number of hydrogen-bond acceptors (Lipinski definition) is 2. The van der Waals surface area contributed by atoms with E-state index in [2.05, 4.69) is 22.6 Å². The highest BCUT2D eigenvalue weighted by Crippen LogP contribution is 2.14. The van der Waals surface area contributed by atoms with Crippen molar-refractivity contribution in [3.8, 4) is 0 Å². The molecule has 0 unspecified atom stereocenters. The predicted octanol–water partition coefficient (Wildman–Crippen LogP) is 3.76. The smallest absolute Gasteiger partial charge is 0.178 e. The third-order valence-corrected chi connectivity index (χ3v) is 5.26. The monoisotopic (exact) mass is 366 g/mol. The fourth-order valence-electron chi connectivity index (χ4n) is 1.60. The van der Waals surface area contributed by atoms with Crippen molar-refractivity contribution in [2.75, 3.05) is 10.2 Å². The summed E-state index contributed by atoms with van der Waals surface area (Å²) < 4.78 is 25.1. The van der Waals surface area contributed by atoms with Gasteiger partial charge in [-0.3, -0.25) is 0 Å². The van der Waals surface area contributed by atoms with Gasteiger partial charge in [-0.25, -0.2) is 8.42 Å². The number of rotatable bonds is 7. The van der Waals surface area contributed by atoms with E-state index in [1.54, 1.807) is 12.1 Å². The first-order valence-electron chi connectivity index (χ1n) is 5.91. The van der Waals surface area contributed by atoms with E-state index in [1.807, 2.05) is 19.1 Å². The summed E-state index contributed by atoms with van der Waals surface area (Å²) in [6.07, 6.45) is 4.10. The molecule has 17 heavy (non-hydrogen) atoms. The highest BCUT2D eigenvalue weighted by atomic mass is 127. The van der Waals surface area contributed by atoms with Gasteiger partial charge in [0.25, 0.3) is 0 Å². The van der Waals surface area contributed by atoms with Gasteiger partial charge < -0.3 is 0 Å². The van der Waals surface area contributed by atoms with Crippen LogP contribution in [0, 0.1) is 6.92 Å². The molecule has 0 fully saturated rings. The average molecular weight is 366 g/mol. The van der Waals surface area contributed by atoms with Crippen LogP contribution in [-0.2, 0) is 9.84 Å². The standard InChI is InChI=1S/C13H19IO2S/c1-12-6-8-13(9-7-12)17(15,16)11-5-3-2-4-10-14/h6-9H,2-5,10-11H2,1H3. The Hall–Kier alpha value is -0.100. The molecule has 1 rings (SSSR count). The van der Waals surface area contributed by atoms with E-state index in [1.165, 1.54) is 6.42 Å². The average Bonchev–Trinajstić information content (AvgIpc) is 2.29. The summed E-state index contributed by atoms with van der Waals surface area (Å²) in [4.78, 5) is 0.456. The SMILES string of the molecule is Cc1ccc(S(=O)(=O)CCCCCCI)cc1. The molecule has 0 saturated heterocycles. The van der Waals surface area contributed by atoms with Crippen LogP contribution in [0.25, 0.3) is 0 Å². The molecule has 0 heterocycles. The molecule has 0 saturated carbocycles. The van der Waals surface area contributed by atoms with Crippen molar-refractivity contribution in [3.05, 3.63) is 29.8 Å². The Labute approximate surface area is 118 Å². The molecule has 1 aromatic rings. The van der Waals surface area contributed by atoms with Crippen molar-refractivity contribution in [3.63, 3.8) is 0 Å². The van der Waals surface area contributed by atoms with Gasteiger partial charge in [-0.1, -0.05) is 53.1 Å². The van der Waals surface area contributed by atoms with Crippen molar-refractivity contribution in [2.24, 2.45) is 0 Å². The summed E-state index contributed by atoms with van der Waals surface area (Å²) in [5.41, 5.74) is 1.09. The Morgan fingerprint density at radius 3 is 2.18 bits per heavy atom. The number of halogens is 1. The van der Waals surface area contributed by atoms with Crippen LogP contribution in [0.1, 0.15) is 31.2 Å². The van der Waals surface area contributed by atoms with Gasteiger partial charge in [0, 0.05) is 0 Å². The molecule has 0 atom stereocenters. The van der Waals surface area contributed by atoms with Crippen molar-refractivity contribution >= 4 is 32.4 Å². The number of benzene rings is 1. The molecule has 0 aliphatic heterocycles. The summed E-state index contributed by atoms with van der Waals surface area (Å²) in [5.74, 6) is 0.275. The Kier molecular flexibility index (Phi) is 6.48. The minimum absolute atomic E-state index is 0.275. The summed E-state index contributed by atoms with van der Waals surface area (Å²) in [5, 5.41) is 0. The lowest BCUT2D eigenvalue weighted by molar-refractivity contribution is 0.589. The maximum atomic E-state index is 12.0. The Balaban J connectivity index is 2.48. The Bertz CT molecular complexity index is 423. The molecule has 0 amide bonds. The number of alkyl halides is 1. The van der Waals surface area contributed by atoms with E-state index < -0.39 is 9.84 Å². The van der Waals surface area contributed by atoms with Gasteiger partial charge in [-0.15, -0.1) is 0 Å². The molecule has 0 spiro atoms. The zero-order chi connectivity index (χ0) is 12.7. The van der Waals surface area contributed by atoms with Gasteiger partial charge in [0.05, 0.1) is 10.6 Å². The van der Waals surface area contributed by atoms with Crippen LogP contribution in [0.2, 0.25) is 0 Å². The van der Waals surface area contributed by atoms with Gasteiger partial charge in [0.2, 0.25) is 0 Å². The maximum Gasteiger partial charge on any atom is 0.178 e. The molecule has 0 bridgehead atoms. The number of hydrogen-bond donors (Lipinski definition) is 0. The zero-order valence-electron chi connectivity index (χ0n) is 10.2. The van der Waals surface area contributed by atoms with Gasteiger partial charge in [0.15, 0.2) is 9.84 Å². The summed E-state index contributed by atoms with van der Waals surface area (Å²) in [6, 6.07) is 7.11. The lowest BCUT2D eigenvalue weighted by atomic mass is 10.2. The fourth-order valence-corrected chi connectivity index (χ4v) is 3.51. The van der Waals surface area contributed by atoms with E-state index in [4.69, 9.17) is 0 Å². The van der Waals surface area contributed by atoms with Crippen LogP contribution in [0.4, 0.5) is 0 Å². The molecule has 4 heteroatoms. The summed E-state index contributed by atoms with van der Waals surface area (Å²) in [7, 11) is -3.07. The van der Waals surface area contributed by atoms with Crippen LogP contribution in [0.5, 0.6) is 0 Å². The van der Waals surface area contributed by atoms with Gasteiger partial charge in [-0.05, 0) is 36.3 Å². The van der Waals surface area contributed by atoms with Crippen LogP contribution in [0.15, 0.2) is 29.2 Å². The number of aryl methyl sites for hydroxylation is 1. The largest absolute Gasteiger partial charge is 0.224 e. The molecular formula is C13H19IO2S. The van der Waals surface area contributed by atoms with E-state index in [9.17, 15) is 8.42 Å². The maximum absolute atomic E-state index is 12.0. The third kappa shape index (κ3) is 5.38. The fraction of sp³-hybridized carbons (Fsp3) is 0.538. The lowest BCUT2D eigenvalue weighted by Crippen LogP contribution is -2.06. The highest BCUT2D eigenvalue weighted by molar-refractivity contribution is 14.1. The van der Waals surface area contributed by atoms with Crippen LogP contribution >= 0.6 is 22.6 Å². The first-order valence-corrected chi connectivity index (χ1v) is 9.09. The summed E-state index contributed by atoms with van der Waals surface area (Å²) in [6.45, 7) is 1.96. The van der Waals surface area contributed by atoms with Gasteiger partial charge in [0.1, 0.15) is 0 Å². The van der Waals surface area contributed by atoms with Crippen LogP contribution < -0.4 is 0 Å². The zero-order valence-corrected chi connectivity index (χ0v) is 13.1. The summed E-state index contributed by atoms with van der Waals surface area (Å²) >= 11 is 2.35. The first-order chi connectivity index (χ1) is 8.06. The number of unbranched alkanes of at least 4 members (excludes halogenated alkanes) is 3. The van der Waals surface area contributed by atoms with Crippen LogP contribution in [0.3, 0.4) is 0 Å².